The van der Waals surface area contributed by atoms with Crippen LogP contribution in [0.2, 0.25) is 0 Å². The molecule has 12 heavy (non-hydrogen) atoms. The molecule has 0 spiro atoms. The molecule has 0 aromatic rings. The third kappa shape index (κ3) is 1.50. The quantitative estimate of drug-likeness (QED) is 0.569. The Morgan fingerprint density at radius 3 is 1.67 bits per heavy atom. The Morgan fingerprint density at radius 2 is 1.25 bits per heavy atom. The van der Waals surface area contributed by atoms with E-state index in [0.29, 0.717) is 12.1 Å². The Bertz CT molecular complexity index is 140. The first-order valence-corrected chi connectivity index (χ1v) is 5.29. The molecule has 1 aliphatic heterocycles. The SMILES string of the molecule is C[C@@H]1N[C@H]2CCCC[C@H]2N[C@H]1C. The Balaban J connectivity index is 1.98. The molecule has 0 unspecified atom stereocenters. The first-order chi connectivity index (χ1) is 5.77. The fraction of sp³-hybridized carbons (Fsp3) is 1.00. The summed E-state index contributed by atoms with van der Waals surface area (Å²) in [5.41, 5.74) is 0. The van der Waals surface area contributed by atoms with Crippen LogP contribution in [0.3, 0.4) is 0 Å². The maximum atomic E-state index is 3.71. The van der Waals surface area contributed by atoms with Crippen LogP contribution in [-0.2, 0) is 0 Å². The van der Waals surface area contributed by atoms with Crippen LogP contribution < -0.4 is 10.6 Å². The largest absolute Gasteiger partial charge is 0.308 e. The van der Waals surface area contributed by atoms with Gasteiger partial charge in [-0.3, -0.25) is 0 Å². The lowest BCUT2D eigenvalue weighted by Gasteiger charge is -2.43. The number of piperazine rings is 1. The zero-order valence-electron chi connectivity index (χ0n) is 8.14. The molecule has 2 heteroatoms. The van der Waals surface area contributed by atoms with E-state index in [1.807, 2.05) is 0 Å². The van der Waals surface area contributed by atoms with Gasteiger partial charge in [-0.2, -0.15) is 0 Å². The van der Waals surface area contributed by atoms with Crippen LogP contribution in [0.1, 0.15) is 39.5 Å². The summed E-state index contributed by atoms with van der Waals surface area (Å²) in [5, 5.41) is 7.41. The van der Waals surface area contributed by atoms with Crippen LogP contribution in [0.25, 0.3) is 0 Å². The molecule has 0 radical (unpaired) electrons. The van der Waals surface area contributed by atoms with Crippen molar-refractivity contribution >= 4 is 0 Å². The summed E-state index contributed by atoms with van der Waals surface area (Å²) < 4.78 is 0. The average Bonchev–Trinajstić information content (AvgIpc) is 2.07. The van der Waals surface area contributed by atoms with Crippen LogP contribution in [-0.4, -0.2) is 24.2 Å². The van der Waals surface area contributed by atoms with E-state index in [4.69, 9.17) is 0 Å². The van der Waals surface area contributed by atoms with Gasteiger partial charge in [0.25, 0.3) is 0 Å². The first kappa shape index (κ1) is 8.52. The maximum Gasteiger partial charge on any atom is 0.0224 e. The fourth-order valence-electron chi connectivity index (χ4n) is 2.49. The molecule has 2 aliphatic rings. The Kier molecular flexibility index (Phi) is 2.37. The smallest absolute Gasteiger partial charge is 0.0224 e. The predicted molar refractivity (Wildman–Crippen MR) is 51.2 cm³/mol. The zero-order chi connectivity index (χ0) is 8.55. The molecule has 4 atom stereocenters. The Labute approximate surface area is 75.1 Å². The van der Waals surface area contributed by atoms with Crippen molar-refractivity contribution in [3.05, 3.63) is 0 Å². The molecule has 70 valence electrons. The zero-order valence-corrected chi connectivity index (χ0v) is 8.14. The number of nitrogens with one attached hydrogen (secondary N) is 2. The number of fused-ring (bicyclic) bond motifs is 1. The summed E-state index contributed by atoms with van der Waals surface area (Å²) in [6.07, 6.45) is 5.57. The van der Waals surface area contributed by atoms with Crippen molar-refractivity contribution < 1.29 is 0 Å². The van der Waals surface area contributed by atoms with Crippen molar-refractivity contribution in [2.24, 2.45) is 0 Å². The predicted octanol–water partition coefficient (Wildman–Crippen LogP) is 1.27. The monoisotopic (exact) mass is 168 g/mol. The minimum Gasteiger partial charge on any atom is -0.308 e. The molecule has 2 N–H and O–H groups in total. The molecule has 1 aliphatic carbocycles. The van der Waals surface area contributed by atoms with Crippen LogP contribution in [0.5, 0.6) is 0 Å². The molecular weight excluding hydrogens is 148 g/mol. The van der Waals surface area contributed by atoms with E-state index in [-0.39, 0.29) is 0 Å². The van der Waals surface area contributed by atoms with Gasteiger partial charge in [0.15, 0.2) is 0 Å². The van der Waals surface area contributed by atoms with E-state index in [2.05, 4.69) is 24.5 Å². The molecule has 2 nitrogen and oxygen atoms in total. The first-order valence-electron chi connectivity index (χ1n) is 5.29. The second-order valence-corrected chi connectivity index (χ2v) is 4.41. The van der Waals surface area contributed by atoms with Crippen molar-refractivity contribution in [3.8, 4) is 0 Å². The highest BCUT2D eigenvalue weighted by atomic mass is 15.1. The molecule has 2 fully saturated rings. The van der Waals surface area contributed by atoms with Crippen LogP contribution in [0.4, 0.5) is 0 Å². The molecular formula is C10H20N2. The maximum absolute atomic E-state index is 3.71. The van der Waals surface area contributed by atoms with Gasteiger partial charge in [0.2, 0.25) is 0 Å². The third-order valence-electron chi connectivity index (χ3n) is 3.47. The Morgan fingerprint density at radius 1 is 0.833 bits per heavy atom. The average molecular weight is 168 g/mol. The second-order valence-electron chi connectivity index (χ2n) is 4.41. The second kappa shape index (κ2) is 3.35. The molecule has 2 rings (SSSR count). The summed E-state index contributed by atoms with van der Waals surface area (Å²) in [5.74, 6) is 0. The molecule has 1 heterocycles. The van der Waals surface area contributed by atoms with Gasteiger partial charge in [-0.1, -0.05) is 12.8 Å². The van der Waals surface area contributed by atoms with Gasteiger partial charge in [-0.05, 0) is 26.7 Å². The summed E-state index contributed by atoms with van der Waals surface area (Å²) in [4.78, 5) is 0. The lowest BCUT2D eigenvalue weighted by atomic mass is 9.86. The lowest BCUT2D eigenvalue weighted by molar-refractivity contribution is 0.183. The van der Waals surface area contributed by atoms with Gasteiger partial charge in [0.05, 0.1) is 0 Å². The van der Waals surface area contributed by atoms with Gasteiger partial charge < -0.3 is 10.6 Å². The van der Waals surface area contributed by atoms with E-state index >= 15 is 0 Å². The van der Waals surface area contributed by atoms with E-state index in [9.17, 15) is 0 Å². The van der Waals surface area contributed by atoms with E-state index in [0.717, 1.165) is 12.1 Å². The molecule has 0 amide bonds. The summed E-state index contributed by atoms with van der Waals surface area (Å²) in [6.45, 7) is 4.56. The van der Waals surface area contributed by atoms with Crippen LogP contribution in [0.15, 0.2) is 0 Å². The lowest BCUT2D eigenvalue weighted by Crippen LogP contribution is -2.64. The van der Waals surface area contributed by atoms with Gasteiger partial charge in [-0.15, -0.1) is 0 Å². The van der Waals surface area contributed by atoms with Crippen molar-refractivity contribution in [2.45, 2.75) is 63.7 Å². The van der Waals surface area contributed by atoms with E-state index in [1.54, 1.807) is 0 Å². The minimum absolute atomic E-state index is 0.643. The fourth-order valence-corrected chi connectivity index (χ4v) is 2.49. The summed E-state index contributed by atoms with van der Waals surface area (Å²) in [7, 11) is 0. The molecule has 1 saturated carbocycles. The topological polar surface area (TPSA) is 24.1 Å². The third-order valence-corrected chi connectivity index (χ3v) is 3.47. The van der Waals surface area contributed by atoms with E-state index in [1.165, 1.54) is 25.7 Å². The van der Waals surface area contributed by atoms with E-state index < -0.39 is 0 Å². The molecule has 1 saturated heterocycles. The van der Waals surface area contributed by atoms with Crippen molar-refractivity contribution in [2.75, 3.05) is 0 Å². The molecule has 0 aromatic carbocycles. The number of hydrogen-bond donors (Lipinski definition) is 2. The van der Waals surface area contributed by atoms with Crippen LogP contribution in [0, 0.1) is 0 Å². The highest BCUT2D eigenvalue weighted by molar-refractivity contribution is 4.96. The summed E-state index contributed by atoms with van der Waals surface area (Å²) >= 11 is 0. The van der Waals surface area contributed by atoms with Gasteiger partial charge in [0.1, 0.15) is 0 Å². The highest BCUT2D eigenvalue weighted by Crippen LogP contribution is 2.22. The summed E-state index contributed by atoms with van der Waals surface area (Å²) in [6, 6.07) is 2.79. The molecule has 0 bridgehead atoms. The molecule has 0 aromatic heterocycles. The van der Waals surface area contributed by atoms with Crippen LogP contribution >= 0.6 is 0 Å². The Hall–Kier alpha value is -0.0800. The van der Waals surface area contributed by atoms with Gasteiger partial charge in [-0.25, -0.2) is 0 Å². The van der Waals surface area contributed by atoms with Gasteiger partial charge in [0, 0.05) is 24.2 Å². The number of rotatable bonds is 0. The standard InChI is InChI=1S/C10H20N2/c1-7-8(2)12-10-6-4-3-5-9(10)11-7/h7-12H,3-6H2,1-2H3/t7-,8-,9-,10+/m0/s1. The minimum atomic E-state index is 0.643. The number of hydrogen-bond acceptors (Lipinski definition) is 2. The highest BCUT2D eigenvalue weighted by Gasteiger charge is 2.32. The van der Waals surface area contributed by atoms with Crippen molar-refractivity contribution in [1.82, 2.24) is 10.6 Å². The van der Waals surface area contributed by atoms with Crippen molar-refractivity contribution in [3.63, 3.8) is 0 Å². The van der Waals surface area contributed by atoms with Crippen molar-refractivity contribution in [1.29, 1.82) is 0 Å². The van der Waals surface area contributed by atoms with Gasteiger partial charge >= 0.3 is 0 Å². The normalized spacial score (nSPS) is 48.5.